The molecule has 0 fully saturated rings. The van der Waals surface area contributed by atoms with Gasteiger partial charge in [-0.25, -0.2) is 0 Å². The number of amides is 1. The van der Waals surface area contributed by atoms with Gasteiger partial charge in [-0.2, -0.15) is 0 Å². The fourth-order valence-corrected chi connectivity index (χ4v) is 3.87. The van der Waals surface area contributed by atoms with E-state index in [9.17, 15) is 4.79 Å². The molecule has 2 aromatic carbocycles. The molecule has 0 saturated carbocycles. The van der Waals surface area contributed by atoms with Gasteiger partial charge in [0.1, 0.15) is 11.5 Å². The van der Waals surface area contributed by atoms with Crippen LogP contribution in [-0.2, 0) is 11.2 Å². The zero-order chi connectivity index (χ0) is 17.8. The lowest BCUT2D eigenvalue weighted by Crippen LogP contribution is -2.32. The van der Waals surface area contributed by atoms with Gasteiger partial charge in [0.2, 0.25) is 5.91 Å². The highest BCUT2D eigenvalue weighted by molar-refractivity contribution is 9.10. The molecule has 1 N–H and O–H groups in total. The lowest BCUT2D eigenvalue weighted by molar-refractivity contribution is -0.122. The van der Waals surface area contributed by atoms with E-state index in [4.69, 9.17) is 9.47 Å². The third kappa shape index (κ3) is 4.55. The molecule has 1 atom stereocenters. The third-order valence-corrected chi connectivity index (χ3v) is 5.32. The van der Waals surface area contributed by atoms with Crippen LogP contribution in [-0.4, -0.2) is 19.6 Å². The number of rotatable bonds is 5. The SMILES string of the molecule is COc1ccc(CCC(=O)NC2CCOc3ccc(Br)cc32)cc1Br. The van der Waals surface area contributed by atoms with Crippen molar-refractivity contribution >= 4 is 37.8 Å². The van der Waals surface area contributed by atoms with Crippen molar-refractivity contribution in [1.82, 2.24) is 5.32 Å². The van der Waals surface area contributed by atoms with E-state index in [0.717, 1.165) is 38.0 Å². The second-order valence-corrected chi connectivity index (χ2v) is 7.68. The minimum absolute atomic E-state index is 0.00338. The van der Waals surface area contributed by atoms with Crippen molar-refractivity contribution in [2.75, 3.05) is 13.7 Å². The van der Waals surface area contributed by atoms with Gasteiger partial charge in [0.15, 0.2) is 0 Å². The second-order valence-electron chi connectivity index (χ2n) is 5.91. The average Bonchev–Trinajstić information content (AvgIpc) is 2.60. The van der Waals surface area contributed by atoms with Gasteiger partial charge >= 0.3 is 0 Å². The fourth-order valence-electron chi connectivity index (χ4n) is 2.90. The van der Waals surface area contributed by atoms with Crippen LogP contribution in [0.4, 0.5) is 0 Å². The molecule has 1 heterocycles. The lowest BCUT2D eigenvalue weighted by Gasteiger charge is -2.27. The summed E-state index contributed by atoms with van der Waals surface area (Å²) in [6, 6.07) is 11.8. The number of hydrogen-bond acceptors (Lipinski definition) is 3. The lowest BCUT2D eigenvalue weighted by atomic mass is 10.00. The topological polar surface area (TPSA) is 47.6 Å². The van der Waals surface area contributed by atoms with Crippen LogP contribution < -0.4 is 14.8 Å². The molecule has 2 aromatic rings. The van der Waals surface area contributed by atoms with Crippen LogP contribution in [0, 0.1) is 0 Å². The van der Waals surface area contributed by atoms with Gasteiger partial charge in [0.25, 0.3) is 0 Å². The Morgan fingerprint density at radius 3 is 2.88 bits per heavy atom. The standard InChI is InChI=1S/C19H19Br2NO3/c1-24-18-5-2-12(10-15(18)21)3-7-19(23)22-16-8-9-25-17-6-4-13(20)11-14(16)17/h2,4-6,10-11,16H,3,7-9H2,1H3,(H,22,23). The normalized spacial score (nSPS) is 15.9. The molecule has 0 saturated heterocycles. The van der Waals surface area contributed by atoms with Crippen molar-refractivity contribution in [1.29, 1.82) is 0 Å². The monoisotopic (exact) mass is 467 g/mol. The Bertz CT molecular complexity index is 779. The summed E-state index contributed by atoms with van der Waals surface area (Å²) in [5, 5.41) is 3.13. The Hall–Kier alpha value is -1.53. The molecular weight excluding hydrogens is 450 g/mol. The number of carbonyl (C=O) groups excluding carboxylic acids is 1. The van der Waals surface area contributed by atoms with Crippen LogP contribution in [0.5, 0.6) is 11.5 Å². The largest absolute Gasteiger partial charge is 0.496 e. The van der Waals surface area contributed by atoms with E-state index in [-0.39, 0.29) is 11.9 Å². The molecule has 0 bridgehead atoms. The van der Waals surface area contributed by atoms with E-state index >= 15 is 0 Å². The van der Waals surface area contributed by atoms with Gasteiger partial charge < -0.3 is 14.8 Å². The van der Waals surface area contributed by atoms with Crippen LogP contribution in [0.2, 0.25) is 0 Å². The van der Waals surface area contributed by atoms with Crippen LogP contribution >= 0.6 is 31.9 Å². The summed E-state index contributed by atoms with van der Waals surface area (Å²) < 4.78 is 12.8. The predicted molar refractivity (Wildman–Crippen MR) is 104 cm³/mol. The van der Waals surface area contributed by atoms with Crippen LogP contribution in [0.3, 0.4) is 0 Å². The highest BCUT2D eigenvalue weighted by atomic mass is 79.9. The average molecular weight is 469 g/mol. The minimum Gasteiger partial charge on any atom is -0.496 e. The van der Waals surface area contributed by atoms with E-state index in [2.05, 4.69) is 37.2 Å². The van der Waals surface area contributed by atoms with Crippen LogP contribution in [0.25, 0.3) is 0 Å². The Kier molecular flexibility index (Phi) is 6.02. The first-order chi connectivity index (χ1) is 12.1. The molecule has 1 amide bonds. The van der Waals surface area contributed by atoms with Crippen molar-refractivity contribution in [3.63, 3.8) is 0 Å². The second kappa shape index (κ2) is 8.23. The van der Waals surface area contributed by atoms with Gasteiger partial charge in [-0.1, -0.05) is 22.0 Å². The zero-order valence-corrected chi connectivity index (χ0v) is 17.0. The maximum absolute atomic E-state index is 12.4. The number of hydrogen-bond donors (Lipinski definition) is 1. The molecule has 3 rings (SSSR count). The summed E-state index contributed by atoms with van der Waals surface area (Å²) in [4.78, 5) is 12.4. The van der Waals surface area contributed by atoms with E-state index < -0.39 is 0 Å². The van der Waals surface area contributed by atoms with Crippen molar-refractivity contribution < 1.29 is 14.3 Å². The molecule has 25 heavy (non-hydrogen) atoms. The smallest absolute Gasteiger partial charge is 0.220 e. The summed E-state index contributed by atoms with van der Waals surface area (Å²) in [5.41, 5.74) is 2.12. The first-order valence-electron chi connectivity index (χ1n) is 8.11. The summed E-state index contributed by atoms with van der Waals surface area (Å²) in [7, 11) is 1.64. The van der Waals surface area contributed by atoms with E-state index in [0.29, 0.717) is 19.4 Å². The molecule has 4 nitrogen and oxygen atoms in total. The molecular formula is C19H19Br2NO3. The van der Waals surface area contributed by atoms with E-state index in [1.807, 2.05) is 36.4 Å². The Morgan fingerprint density at radius 2 is 2.12 bits per heavy atom. The quantitative estimate of drug-likeness (QED) is 0.685. The van der Waals surface area contributed by atoms with Crippen molar-refractivity contribution in [2.45, 2.75) is 25.3 Å². The highest BCUT2D eigenvalue weighted by Gasteiger charge is 2.23. The number of carbonyl (C=O) groups is 1. The highest BCUT2D eigenvalue weighted by Crippen LogP contribution is 2.34. The number of aryl methyl sites for hydroxylation is 1. The fraction of sp³-hybridized carbons (Fsp3) is 0.316. The maximum atomic E-state index is 12.4. The molecule has 0 radical (unpaired) electrons. The number of benzene rings is 2. The van der Waals surface area contributed by atoms with Gasteiger partial charge in [0.05, 0.1) is 24.2 Å². The van der Waals surface area contributed by atoms with Crippen LogP contribution in [0.15, 0.2) is 45.3 Å². The number of methoxy groups -OCH3 is 1. The summed E-state index contributed by atoms with van der Waals surface area (Å²) in [6.07, 6.45) is 1.91. The maximum Gasteiger partial charge on any atom is 0.220 e. The Labute approximate surface area is 164 Å². The molecule has 6 heteroatoms. The number of fused-ring (bicyclic) bond motifs is 1. The van der Waals surface area contributed by atoms with Gasteiger partial charge in [-0.05, 0) is 58.2 Å². The molecule has 132 valence electrons. The summed E-state index contributed by atoms with van der Waals surface area (Å²) in [6.45, 7) is 0.616. The summed E-state index contributed by atoms with van der Waals surface area (Å²) in [5.74, 6) is 1.68. The van der Waals surface area contributed by atoms with Gasteiger partial charge in [0, 0.05) is 22.9 Å². The van der Waals surface area contributed by atoms with Gasteiger partial charge in [-0.15, -0.1) is 0 Å². The Morgan fingerprint density at radius 1 is 1.28 bits per heavy atom. The van der Waals surface area contributed by atoms with Crippen molar-refractivity contribution in [2.24, 2.45) is 0 Å². The first-order valence-corrected chi connectivity index (χ1v) is 9.69. The number of ether oxygens (including phenoxy) is 2. The van der Waals surface area contributed by atoms with E-state index in [1.54, 1.807) is 7.11 Å². The number of halogens is 2. The Balaban J connectivity index is 1.60. The van der Waals surface area contributed by atoms with Gasteiger partial charge in [-0.3, -0.25) is 4.79 Å². The van der Waals surface area contributed by atoms with Crippen LogP contribution in [0.1, 0.15) is 30.0 Å². The van der Waals surface area contributed by atoms with E-state index in [1.165, 1.54) is 0 Å². The molecule has 0 spiro atoms. The third-order valence-electron chi connectivity index (χ3n) is 4.20. The first kappa shape index (κ1) is 18.3. The molecule has 1 aliphatic rings. The predicted octanol–water partition coefficient (Wildman–Crippen LogP) is 4.79. The molecule has 1 unspecified atom stereocenters. The van der Waals surface area contributed by atoms with Crippen molar-refractivity contribution in [3.05, 3.63) is 56.5 Å². The number of nitrogens with one attached hydrogen (secondary N) is 1. The minimum atomic E-state index is -0.00338. The zero-order valence-electron chi connectivity index (χ0n) is 13.9. The molecule has 1 aliphatic heterocycles. The molecule has 0 aromatic heterocycles. The summed E-state index contributed by atoms with van der Waals surface area (Å²) >= 11 is 6.96. The molecule has 0 aliphatic carbocycles. The van der Waals surface area contributed by atoms with Crippen molar-refractivity contribution in [3.8, 4) is 11.5 Å².